The summed E-state index contributed by atoms with van der Waals surface area (Å²) in [5.74, 6) is -0.206. The first-order valence-electron chi connectivity index (χ1n) is 6.23. The molecule has 1 heterocycles. The van der Waals surface area contributed by atoms with Gasteiger partial charge in [-0.1, -0.05) is 12.1 Å². The molecule has 5 heteroatoms. The fourth-order valence-electron chi connectivity index (χ4n) is 1.81. The molecule has 0 aliphatic heterocycles. The zero-order valence-corrected chi connectivity index (χ0v) is 12.2. The molecular weight excluding hydrogens is 272 g/mol. The number of nitrogens with one attached hydrogen (secondary N) is 2. The first-order valence-corrected chi connectivity index (χ1v) is 7.46. The van der Waals surface area contributed by atoms with E-state index in [1.807, 2.05) is 37.4 Å². The number of carbonyl (C=O) groups excluding carboxylic acids is 1. The van der Waals surface area contributed by atoms with Crippen LogP contribution in [0.4, 0.5) is 0 Å². The Kier molecular flexibility index (Phi) is 4.63. The van der Waals surface area contributed by atoms with E-state index in [4.69, 9.17) is 0 Å². The molecule has 20 heavy (non-hydrogen) atoms. The lowest BCUT2D eigenvalue weighted by Gasteiger charge is -2.14. The van der Waals surface area contributed by atoms with Crippen LogP contribution in [0.5, 0.6) is 0 Å². The molecule has 2 rings (SSSR count). The van der Waals surface area contributed by atoms with Crippen LogP contribution in [0, 0.1) is 0 Å². The lowest BCUT2D eigenvalue weighted by Crippen LogP contribution is -2.27. The van der Waals surface area contributed by atoms with Crippen molar-refractivity contribution in [2.24, 2.45) is 0 Å². The molecule has 2 aromatic rings. The summed E-state index contributed by atoms with van der Waals surface area (Å²) < 4.78 is 0. The van der Waals surface area contributed by atoms with Crippen molar-refractivity contribution in [2.75, 3.05) is 6.26 Å². The van der Waals surface area contributed by atoms with Crippen LogP contribution < -0.4 is 10.9 Å². The largest absolute Gasteiger partial charge is 0.345 e. The van der Waals surface area contributed by atoms with E-state index >= 15 is 0 Å². The summed E-state index contributed by atoms with van der Waals surface area (Å²) in [5, 5.41) is 2.90. The molecule has 1 amide bonds. The number of hydrogen-bond donors (Lipinski definition) is 2. The third-order valence-corrected chi connectivity index (χ3v) is 3.75. The van der Waals surface area contributed by atoms with E-state index < -0.39 is 0 Å². The van der Waals surface area contributed by atoms with Crippen molar-refractivity contribution in [3.05, 3.63) is 64.1 Å². The van der Waals surface area contributed by atoms with Crippen LogP contribution in [0.1, 0.15) is 28.9 Å². The number of aromatic nitrogens is 1. The van der Waals surface area contributed by atoms with Gasteiger partial charge in [-0.05, 0) is 36.9 Å². The Labute approximate surface area is 121 Å². The molecule has 2 N–H and O–H groups in total. The van der Waals surface area contributed by atoms with Crippen LogP contribution in [-0.4, -0.2) is 17.1 Å². The van der Waals surface area contributed by atoms with E-state index in [1.54, 1.807) is 11.8 Å². The average Bonchev–Trinajstić information content (AvgIpc) is 2.48. The Morgan fingerprint density at radius 1 is 1.20 bits per heavy atom. The van der Waals surface area contributed by atoms with Gasteiger partial charge in [-0.3, -0.25) is 9.59 Å². The highest BCUT2D eigenvalue weighted by Gasteiger charge is 2.11. The van der Waals surface area contributed by atoms with E-state index in [9.17, 15) is 9.59 Å². The third-order valence-electron chi connectivity index (χ3n) is 3.01. The highest BCUT2D eigenvalue weighted by Crippen LogP contribution is 2.19. The third kappa shape index (κ3) is 3.51. The minimum absolute atomic E-state index is 0.0923. The second kappa shape index (κ2) is 6.43. The maximum absolute atomic E-state index is 12.0. The molecule has 4 nitrogen and oxygen atoms in total. The number of aromatic amines is 1. The normalized spacial score (nSPS) is 11.9. The van der Waals surface area contributed by atoms with Crippen molar-refractivity contribution >= 4 is 17.7 Å². The summed E-state index contributed by atoms with van der Waals surface area (Å²) in [6.45, 7) is 1.93. The van der Waals surface area contributed by atoms with Gasteiger partial charge in [0.05, 0.1) is 11.6 Å². The quantitative estimate of drug-likeness (QED) is 0.850. The fourth-order valence-corrected chi connectivity index (χ4v) is 2.22. The second-order valence-electron chi connectivity index (χ2n) is 4.41. The van der Waals surface area contributed by atoms with Crippen LogP contribution in [-0.2, 0) is 0 Å². The smallest absolute Gasteiger partial charge is 0.253 e. The van der Waals surface area contributed by atoms with Crippen LogP contribution in [0.15, 0.2) is 52.3 Å². The lowest BCUT2D eigenvalue weighted by molar-refractivity contribution is 0.0939. The van der Waals surface area contributed by atoms with E-state index in [0.717, 1.165) is 5.56 Å². The predicted octanol–water partition coefficient (Wildman–Crippen LogP) is 2.59. The van der Waals surface area contributed by atoms with Gasteiger partial charge in [0.1, 0.15) is 0 Å². The van der Waals surface area contributed by atoms with Crippen molar-refractivity contribution in [3.8, 4) is 0 Å². The van der Waals surface area contributed by atoms with Crippen LogP contribution in [0.2, 0.25) is 0 Å². The summed E-state index contributed by atoms with van der Waals surface area (Å²) in [6, 6.07) is 10.8. The second-order valence-corrected chi connectivity index (χ2v) is 5.29. The van der Waals surface area contributed by atoms with Gasteiger partial charge in [-0.15, -0.1) is 11.8 Å². The molecule has 1 aromatic heterocycles. The minimum Gasteiger partial charge on any atom is -0.345 e. The Morgan fingerprint density at radius 2 is 1.90 bits per heavy atom. The maximum Gasteiger partial charge on any atom is 0.253 e. The summed E-state index contributed by atoms with van der Waals surface area (Å²) in [7, 11) is 0. The topological polar surface area (TPSA) is 62.0 Å². The van der Waals surface area contributed by atoms with Gasteiger partial charge in [0.25, 0.3) is 5.91 Å². The molecule has 0 radical (unpaired) electrons. The maximum atomic E-state index is 12.0. The SMILES string of the molecule is CSc1ccc(C(C)NC(=O)c2ccc(=O)[nH]c2)cc1. The van der Waals surface area contributed by atoms with E-state index in [2.05, 4.69) is 10.3 Å². The van der Waals surface area contributed by atoms with Gasteiger partial charge in [0.2, 0.25) is 5.56 Å². The molecule has 1 aromatic carbocycles. The lowest BCUT2D eigenvalue weighted by atomic mass is 10.1. The number of H-pyrrole nitrogens is 1. The Balaban J connectivity index is 2.06. The number of benzene rings is 1. The number of rotatable bonds is 4. The first kappa shape index (κ1) is 14.4. The number of hydrogen-bond acceptors (Lipinski definition) is 3. The van der Waals surface area contributed by atoms with Gasteiger partial charge in [0, 0.05) is 17.2 Å². The molecule has 1 unspecified atom stereocenters. The number of thioether (sulfide) groups is 1. The zero-order chi connectivity index (χ0) is 14.5. The van der Waals surface area contributed by atoms with Gasteiger partial charge >= 0.3 is 0 Å². The van der Waals surface area contributed by atoms with Crippen molar-refractivity contribution in [1.82, 2.24) is 10.3 Å². The standard InChI is InChI=1S/C15H16N2O2S/c1-10(11-3-6-13(20-2)7-4-11)17-15(19)12-5-8-14(18)16-9-12/h3-10H,1-2H3,(H,16,18)(H,17,19). The van der Waals surface area contributed by atoms with Crippen LogP contribution in [0.3, 0.4) is 0 Å². The Hall–Kier alpha value is -2.01. The fraction of sp³-hybridized carbons (Fsp3) is 0.200. The van der Waals surface area contributed by atoms with Crippen molar-refractivity contribution < 1.29 is 4.79 Å². The molecule has 0 saturated carbocycles. The van der Waals surface area contributed by atoms with Crippen molar-refractivity contribution in [2.45, 2.75) is 17.9 Å². The van der Waals surface area contributed by atoms with Gasteiger partial charge in [0.15, 0.2) is 0 Å². The molecular formula is C15H16N2O2S. The van der Waals surface area contributed by atoms with Gasteiger partial charge < -0.3 is 10.3 Å². The molecule has 0 aliphatic carbocycles. The van der Waals surface area contributed by atoms with Crippen LogP contribution >= 0.6 is 11.8 Å². The predicted molar refractivity (Wildman–Crippen MR) is 81.2 cm³/mol. The van der Waals surface area contributed by atoms with Crippen LogP contribution in [0.25, 0.3) is 0 Å². The first-order chi connectivity index (χ1) is 9.60. The summed E-state index contributed by atoms with van der Waals surface area (Å²) in [6.07, 6.45) is 3.44. The van der Waals surface area contributed by atoms with Gasteiger partial charge in [-0.25, -0.2) is 0 Å². The zero-order valence-electron chi connectivity index (χ0n) is 11.3. The van der Waals surface area contributed by atoms with E-state index in [0.29, 0.717) is 5.56 Å². The molecule has 0 fully saturated rings. The van der Waals surface area contributed by atoms with Gasteiger partial charge in [-0.2, -0.15) is 0 Å². The van der Waals surface area contributed by atoms with E-state index in [1.165, 1.54) is 23.2 Å². The summed E-state index contributed by atoms with van der Waals surface area (Å²) >= 11 is 1.68. The number of carbonyl (C=O) groups is 1. The molecule has 0 saturated heterocycles. The summed E-state index contributed by atoms with van der Waals surface area (Å²) in [4.78, 5) is 26.7. The molecule has 0 aliphatic rings. The Morgan fingerprint density at radius 3 is 2.45 bits per heavy atom. The molecule has 1 atom stereocenters. The Bertz CT molecular complexity index is 629. The highest BCUT2D eigenvalue weighted by atomic mass is 32.2. The molecule has 0 bridgehead atoms. The van der Waals surface area contributed by atoms with Crippen molar-refractivity contribution in [1.29, 1.82) is 0 Å². The summed E-state index contributed by atoms with van der Waals surface area (Å²) in [5.41, 5.74) is 1.26. The average molecular weight is 288 g/mol. The number of pyridine rings is 1. The monoisotopic (exact) mass is 288 g/mol. The highest BCUT2D eigenvalue weighted by molar-refractivity contribution is 7.98. The minimum atomic E-state index is -0.220. The van der Waals surface area contributed by atoms with Crippen molar-refractivity contribution in [3.63, 3.8) is 0 Å². The molecule has 0 spiro atoms. The number of amides is 1. The van der Waals surface area contributed by atoms with E-state index in [-0.39, 0.29) is 17.5 Å². The molecule has 104 valence electrons.